The summed E-state index contributed by atoms with van der Waals surface area (Å²) in [5.41, 5.74) is 1.55. The Bertz CT molecular complexity index is 1230. The first-order valence-electron chi connectivity index (χ1n) is 11.1. The Labute approximate surface area is 193 Å². The second-order valence-corrected chi connectivity index (χ2v) is 10.1. The van der Waals surface area contributed by atoms with Crippen LogP contribution in [0.5, 0.6) is 17.4 Å². The largest absolute Gasteiger partial charge is 0.497 e. The number of benzene rings is 2. The van der Waals surface area contributed by atoms with Gasteiger partial charge in [-0.15, -0.1) is 0 Å². The summed E-state index contributed by atoms with van der Waals surface area (Å²) in [5, 5.41) is 0. The molecule has 2 aliphatic rings. The Morgan fingerprint density at radius 2 is 1.58 bits per heavy atom. The molecule has 1 fully saturated rings. The molecule has 33 heavy (non-hydrogen) atoms. The molecule has 172 valence electrons. The van der Waals surface area contributed by atoms with Crippen molar-refractivity contribution in [2.24, 2.45) is 0 Å². The molecule has 0 aliphatic carbocycles. The lowest BCUT2D eigenvalue weighted by Gasteiger charge is -2.29. The van der Waals surface area contributed by atoms with Crippen LogP contribution in [0.25, 0.3) is 0 Å². The number of aromatic nitrogens is 2. The number of ether oxygens (including phenoxy) is 2. The third kappa shape index (κ3) is 4.38. The fraction of sp³-hybridized carbons (Fsp3) is 0.333. The van der Waals surface area contributed by atoms with E-state index >= 15 is 0 Å². The van der Waals surface area contributed by atoms with Crippen LogP contribution in [0.1, 0.15) is 24.1 Å². The zero-order valence-electron chi connectivity index (χ0n) is 18.5. The molecule has 0 amide bonds. The molecule has 2 aromatic carbocycles. The zero-order valence-corrected chi connectivity index (χ0v) is 19.3. The molecule has 0 spiro atoms. The van der Waals surface area contributed by atoms with Gasteiger partial charge in [-0.25, -0.2) is 13.4 Å². The summed E-state index contributed by atoms with van der Waals surface area (Å²) in [6, 6.07) is 15.8. The highest BCUT2D eigenvalue weighted by atomic mass is 32.2. The number of fused-ring (bicyclic) bond motifs is 1. The molecular formula is C24H26N4O4S. The lowest BCUT2D eigenvalue weighted by atomic mass is 10.1. The van der Waals surface area contributed by atoms with Crippen LogP contribution in [0.2, 0.25) is 0 Å². The molecule has 0 bridgehead atoms. The van der Waals surface area contributed by atoms with Crippen molar-refractivity contribution < 1.29 is 17.9 Å². The Hall–Kier alpha value is -3.17. The summed E-state index contributed by atoms with van der Waals surface area (Å²) < 4.78 is 39.4. The molecule has 1 saturated heterocycles. The van der Waals surface area contributed by atoms with Crippen molar-refractivity contribution in [3.8, 4) is 17.4 Å². The van der Waals surface area contributed by atoms with Crippen LogP contribution in [0.3, 0.4) is 0 Å². The Morgan fingerprint density at radius 3 is 2.27 bits per heavy atom. The van der Waals surface area contributed by atoms with E-state index in [1.165, 1.54) is 4.31 Å². The summed E-state index contributed by atoms with van der Waals surface area (Å²) >= 11 is 0. The van der Waals surface area contributed by atoms with Crippen molar-refractivity contribution in [2.75, 3.05) is 31.6 Å². The molecule has 3 aromatic rings. The van der Waals surface area contributed by atoms with Crippen LogP contribution in [0, 0.1) is 0 Å². The van der Waals surface area contributed by atoms with E-state index in [2.05, 4.69) is 4.90 Å². The normalized spacial score (nSPS) is 16.5. The lowest BCUT2D eigenvalue weighted by molar-refractivity contribution is 0.369. The number of anilines is 1. The van der Waals surface area contributed by atoms with Gasteiger partial charge >= 0.3 is 0 Å². The number of rotatable bonds is 6. The predicted molar refractivity (Wildman–Crippen MR) is 124 cm³/mol. The SMILES string of the molecule is COc1ccc(Oc2nc(N3CCCC3)nc3c2CN(S(=O)(=O)c2ccccc2)CC3)cc1. The highest BCUT2D eigenvalue weighted by Crippen LogP contribution is 2.34. The Morgan fingerprint density at radius 1 is 0.879 bits per heavy atom. The molecule has 2 aliphatic heterocycles. The van der Waals surface area contributed by atoms with Gasteiger partial charge in [0.1, 0.15) is 11.5 Å². The molecule has 0 unspecified atom stereocenters. The Balaban J connectivity index is 1.51. The maximum atomic E-state index is 13.2. The van der Waals surface area contributed by atoms with E-state index < -0.39 is 10.0 Å². The predicted octanol–water partition coefficient (Wildman–Crippen LogP) is 3.62. The molecule has 1 aromatic heterocycles. The number of methoxy groups -OCH3 is 1. The van der Waals surface area contributed by atoms with Gasteiger partial charge < -0.3 is 14.4 Å². The van der Waals surface area contributed by atoms with Gasteiger partial charge in [0.2, 0.25) is 21.9 Å². The maximum Gasteiger partial charge on any atom is 0.243 e. The van der Waals surface area contributed by atoms with E-state index in [0.29, 0.717) is 36.1 Å². The number of nitrogens with zero attached hydrogens (tertiary/aromatic N) is 4. The average Bonchev–Trinajstić information content (AvgIpc) is 3.40. The molecule has 9 heteroatoms. The van der Waals surface area contributed by atoms with Crippen molar-refractivity contribution >= 4 is 16.0 Å². The van der Waals surface area contributed by atoms with Gasteiger partial charge in [0.25, 0.3) is 0 Å². The van der Waals surface area contributed by atoms with Gasteiger partial charge in [-0.1, -0.05) is 18.2 Å². The minimum Gasteiger partial charge on any atom is -0.497 e. The quantitative estimate of drug-likeness (QED) is 0.548. The van der Waals surface area contributed by atoms with Crippen molar-refractivity contribution in [1.29, 1.82) is 0 Å². The summed E-state index contributed by atoms with van der Waals surface area (Å²) in [4.78, 5) is 12.0. The third-order valence-corrected chi connectivity index (χ3v) is 7.88. The van der Waals surface area contributed by atoms with Gasteiger partial charge in [-0.05, 0) is 49.2 Å². The highest BCUT2D eigenvalue weighted by Gasteiger charge is 2.32. The van der Waals surface area contributed by atoms with Crippen LogP contribution in [-0.4, -0.2) is 49.4 Å². The smallest absolute Gasteiger partial charge is 0.243 e. The van der Waals surface area contributed by atoms with E-state index in [1.807, 2.05) is 24.3 Å². The monoisotopic (exact) mass is 466 g/mol. The summed E-state index contributed by atoms with van der Waals surface area (Å²) in [5.74, 6) is 2.38. The number of hydrogen-bond donors (Lipinski definition) is 0. The molecule has 8 nitrogen and oxygen atoms in total. The van der Waals surface area contributed by atoms with Crippen LogP contribution in [0.4, 0.5) is 5.95 Å². The average molecular weight is 467 g/mol. The van der Waals surface area contributed by atoms with Crippen LogP contribution in [0.15, 0.2) is 59.5 Å². The first-order valence-corrected chi connectivity index (χ1v) is 12.5. The molecule has 0 atom stereocenters. The van der Waals surface area contributed by atoms with Crippen molar-refractivity contribution in [3.05, 3.63) is 65.9 Å². The summed E-state index contributed by atoms with van der Waals surface area (Å²) in [6.07, 6.45) is 2.72. The Kier molecular flexibility index (Phi) is 5.90. The topological polar surface area (TPSA) is 84.9 Å². The standard InChI is InChI=1S/C24H26N4O4S/c1-31-18-9-11-19(12-10-18)32-23-21-17-28(33(29,30)20-7-3-2-4-8-20)16-13-22(21)25-24(26-23)27-14-5-6-15-27/h2-4,7-12H,5-6,13-17H2,1H3. The van der Waals surface area contributed by atoms with Crippen molar-refractivity contribution in [3.63, 3.8) is 0 Å². The van der Waals surface area contributed by atoms with Crippen molar-refractivity contribution in [1.82, 2.24) is 14.3 Å². The minimum atomic E-state index is -3.63. The van der Waals surface area contributed by atoms with Crippen LogP contribution < -0.4 is 14.4 Å². The van der Waals surface area contributed by atoms with Crippen LogP contribution in [-0.2, 0) is 23.0 Å². The lowest BCUT2D eigenvalue weighted by Crippen LogP contribution is -2.37. The fourth-order valence-corrected chi connectivity index (χ4v) is 5.62. The van der Waals surface area contributed by atoms with Gasteiger partial charge in [0.05, 0.1) is 23.3 Å². The molecule has 0 saturated carbocycles. The van der Waals surface area contributed by atoms with E-state index in [1.54, 1.807) is 37.4 Å². The second-order valence-electron chi connectivity index (χ2n) is 8.13. The highest BCUT2D eigenvalue weighted by molar-refractivity contribution is 7.89. The van der Waals surface area contributed by atoms with Crippen molar-refractivity contribution in [2.45, 2.75) is 30.7 Å². The van der Waals surface area contributed by atoms with E-state index in [-0.39, 0.29) is 11.4 Å². The van der Waals surface area contributed by atoms with Gasteiger partial charge in [0.15, 0.2) is 0 Å². The van der Waals surface area contributed by atoms with E-state index in [0.717, 1.165) is 37.4 Å². The fourth-order valence-electron chi connectivity index (χ4n) is 4.19. The molecule has 0 radical (unpaired) electrons. The molecule has 0 N–H and O–H groups in total. The second kappa shape index (κ2) is 8.99. The maximum absolute atomic E-state index is 13.2. The van der Waals surface area contributed by atoms with E-state index in [9.17, 15) is 8.42 Å². The molecule has 3 heterocycles. The third-order valence-electron chi connectivity index (χ3n) is 6.02. The van der Waals surface area contributed by atoms with Gasteiger partial charge in [-0.2, -0.15) is 9.29 Å². The minimum absolute atomic E-state index is 0.165. The summed E-state index contributed by atoms with van der Waals surface area (Å²) in [7, 11) is -2.02. The molecular weight excluding hydrogens is 440 g/mol. The zero-order chi connectivity index (χ0) is 22.8. The summed E-state index contributed by atoms with van der Waals surface area (Å²) in [6.45, 7) is 2.35. The van der Waals surface area contributed by atoms with Gasteiger partial charge in [-0.3, -0.25) is 0 Å². The van der Waals surface area contributed by atoms with Crippen LogP contribution >= 0.6 is 0 Å². The van der Waals surface area contributed by atoms with Gasteiger partial charge in [0, 0.05) is 32.6 Å². The molecule has 5 rings (SSSR count). The van der Waals surface area contributed by atoms with E-state index in [4.69, 9.17) is 19.4 Å². The first-order chi connectivity index (χ1) is 16.0. The number of sulfonamides is 1. The number of hydrogen-bond acceptors (Lipinski definition) is 7. The first kappa shape index (κ1) is 21.7.